The predicted octanol–water partition coefficient (Wildman–Crippen LogP) is 3.80. The molecule has 2 aromatic carbocycles. The third kappa shape index (κ3) is 4.70. The molecule has 9 heteroatoms. The van der Waals surface area contributed by atoms with Crippen molar-refractivity contribution in [3.8, 4) is 0 Å². The number of halogens is 3. The van der Waals surface area contributed by atoms with Gasteiger partial charge in [-0.1, -0.05) is 18.5 Å². The highest BCUT2D eigenvalue weighted by Gasteiger charge is 2.31. The van der Waals surface area contributed by atoms with Gasteiger partial charge in [0.15, 0.2) is 0 Å². The first-order valence-electron chi connectivity index (χ1n) is 7.64. The molecule has 2 aromatic rings. The van der Waals surface area contributed by atoms with Crippen LogP contribution in [0, 0.1) is 11.6 Å². The summed E-state index contributed by atoms with van der Waals surface area (Å²) in [6.45, 7) is 1.64. The number of nitrogens with zero attached hydrogens (tertiary/aromatic N) is 1. The molecule has 5 nitrogen and oxygen atoms in total. The van der Waals surface area contributed by atoms with E-state index in [-0.39, 0.29) is 22.8 Å². The Kier molecular flexibility index (Phi) is 6.20. The van der Waals surface area contributed by atoms with Crippen molar-refractivity contribution in [3.63, 3.8) is 0 Å². The molecule has 2 rings (SSSR count). The lowest BCUT2D eigenvalue weighted by Crippen LogP contribution is -2.47. The van der Waals surface area contributed by atoms with E-state index in [1.54, 1.807) is 6.92 Å². The minimum absolute atomic E-state index is 0.158. The first-order chi connectivity index (χ1) is 12.1. The van der Waals surface area contributed by atoms with Crippen LogP contribution in [0.15, 0.2) is 42.5 Å². The highest BCUT2D eigenvalue weighted by molar-refractivity contribution is 7.92. The van der Waals surface area contributed by atoms with Gasteiger partial charge in [0.05, 0.1) is 17.0 Å². The van der Waals surface area contributed by atoms with Gasteiger partial charge >= 0.3 is 0 Å². The average molecular weight is 403 g/mol. The lowest BCUT2D eigenvalue weighted by atomic mass is 10.1. The first kappa shape index (κ1) is 20.1. The molecule has 0 saturated heterocycles. The zero-order valence-corrected chi connectivity index (χ0v) is 15.6. The Morgan fingerprint density at radius 2 is 1.81 bits per heavy atom. The fraction of sp³-hybridized carbons (Fsp3) is 0.235. The molecule has 0 spiro atoms. The molecule has 1 atom stereocenters. The monoisotopic (exact) mass is 402 g/mol. The third-order valence-electron chi connectivity index (χ3n) is 3.60. The SMILES string of the molecule is CC[C@@H](C(=O)Nc1ccc(F)c(Cl)c1)N(c1ccc(F)cc1)S(C)(=O)=O. The molecule has 1 N–H and O–H groups in total. The summed E-state index contributed by atoms with van der Waals surface area (Å²) >= 11 is 5.69. The fourth-order valence-electron chi connectivity index (χ4n) is 2.45. The molecule has 0 aliphatic rings. The molecule has 26 heavy (non-hydrogen) atoms. The van der Waals surface area contributed by atoms with E-state index in [9.17, 15) is 22.0 Å². The van der Waals surface area contributed by atoms with Gasteiger partial charge in [-0.3, -0.25) is 9.10 Å². The van der Waals surface area contributed by atoms with Crippen LogP contribution in [0.1, 0.15) is 13.3 Å². The van der Waals surface area contributed by atoms with Crippen molar-refractivity contribution in [2.24, 2.45) is 0 Å². The Bertz CT molecular complexity index is 905. The summed E-state index contributed by atoms with van der Waals surface area (Å²) in [6.07, 6.45) is 1.12. The van der Waals surface area contributed by atoms with Crippen molar-refractivity contribution in [1.29, 1.82) is 0 Å². The predicted molar refractivity (Wildman–Crippen MR) is 97.8 cm³/mol. The molecule has 0 radical (unpaired) electrons. The molecule has 1 amide bonds. The summed E-state index contributed by atoms with van der Waals surface area (Å²) in [6, 6.07) is 7.32. The maximum absolute atomic E-state index is 13.2. The Hall–Kier alpha value is -2.19. The topological polar surface area (TPSA) is 66.5 Å². The standard InChI is InChI=1S/C17H17ClF2N2O3S/c1-3-16(17(23)21-12-6-9-15(20)14(18)10-12)22(26(2,24)25)13-7-4-11(19)5-8-13/h4-10,16H,3H2,1-2H3,(H,21,23)/t16-/m0/s1. The van der Waals surface area contributed by atoms with Crippen LogP contribution in [-0.4, -0.2) is 26.6 Å². The maximum atomic E-state index is 13.2. The van der Waals surface area contributed by atoms with Crippen molar-refractivity contribution < 1.29 is 22.0 Å². The summed E-state index contributed by atoms with van der Waals surface area (Å²) < 4.78 is 51.8. The second-order valence-corrected chi connectivity index (χ2v) is 7.84. The Morgan fingerprint density at radius 3 is 2.31 bits per heavy atom. The van der Waals surface area contributed by atoms with E-state index in [0.29, 0.717) is 0 Å². The third-order valence-corrected chi connectivity index (χ3v) is 5.07. The lowest BCUT2D eigenvalue weighted by molar-refractivity contribution is -0.117. The molecule has 0 unspecified atom stereocenters. The molecule has 140 valence electrons. The van der Waals surface area contributed by atoms with E-state index in [1.807, 2.05) is 0 Å². The van der Waals surface area contributed by atoms with Gasteiger partial charge in [0.25, 0.3) is 0 Å². The summed E-state index contributed by atoms with van der Waals surface area (Å²) in [5, 5.41) is 2.35. The van der Waals surface area contributed by atoms with Crippen LogP contribution in [0.3, 0.4) is 0 Å². The second kappa shape index (κ2) is 8.01. The van der Waals surface area contributed by atoms with Crippen LogP contribution in [0.4, 0.5) is 20.2 Å². The normalized spacial score (nSPS) is 12.5. The van der Waals surface area contributed by atoms with Gasteiger partial charge in [-0.15, -0.1) is 0 Å². The van der Waals surface area contributed by atoms with E-state index in [0.717, 1.165) is 28.8 Å². The van der Waals surface area contributed by atoms with E-state index in [4.69, 9.17) is 11.6 Å². The first-order valence-corrected chi connectivity index (χ1v) is 9.87. The van der Waals surface area contributed by atoms with Crippen molar-refractivity contribution >= 4 is 38.9 Å². The lowest BCUT2D eigenvalue weighted by Gasteiger charge is -2.30. The number of nitrogens with one attached hydrogen (secondary N) is 1. The molecular weight excluding hydrogens is 386 g/mol. The maximum Gasteiger partial charge on any atom is 0.248 e. The van der Waals surface area contributed by atoms with E-state index < -0.39 is 33.6 Å². The fourth-order valence-corrected chi connectivity index (χ4v) is 3.84. The number of carbonyl (C=O) groups is 1. The summed E-state index contributed by atoms with van der Waals surface area (Å²) in [5.74, 6) is -1.79. The van der Waals surface area contributed by atoms with Gasteiger partial charge in [-0.05, 0) is 48.9 Å². The van der Waals surface area contributed by atoms with Gasteiger partial charge in [-0.2, -0.15) is 0 Å². The molecule has 0 fully saturated rings. The molecule has 0 bridgehead atoms. The summed E-state index contributed by atoms with van der Waals surface area (Å²) in [5.41, 5.74) is 0.389. The van der Waals surface area contributed by atoms with Crippen molar-refractivity contribution in [3.05, 3.63) is 59.1 Å². The van der Waals surface area contributed by atoms with Crippen molar-refractivity contribution in [1.82, 2.24) is 0 Å². The van der Waals surface area contributed by atoms with Crippen LogP contribution < -0.4 is 9.62 Å². The van der Waals surface area contributed by atoms with E-state index in [1.165, 1.54) is 24.3 Å². The molecule has 0 aliphatic carbocycles. The zero-order chi connectivity index (χ0) is 19.5. The van der Waals surface area contributed by atoms with Gasteiger partial charge in [0.1, 0.15) is 17.7 Å². The van der Waals surface area contributed by atoms with Gasteiger partial charge in [-0.25, -0.2) is 17.2 Å². The number of sulfonamides is 1. The van der Waals surface area contributed by atoms with Gasteiger partial charge in [0, 0.05) is 5.69 Å². The highest BCUT2D eigenvalue weighted by atomic mass is 35.5. The Morgan fingerprint density at radius 1 is 1.19 bits per heavy atom. The Balaban J connectivity index is 2.36. The minimum atomic E-state index is -3.83. The number of rotatable bonds is 6. The minimum Gasteiger partial charge on any atom is -0.324 e. The summed E-state index contributed by atoms with van der Waals surface area (Å²) in [4.78, 5) is 12.6. The van der Waals surface area contributed by atoms with Crippen LogP contribution in [0.25, 0.3) is 0 Å². The highest BCUT2D eigenvalue weighted by Crippen LogP contribution is 2.24. The molecule has 0 aliphatic heterocycles. The largest absolute Gasteiger partial charge is 0.324 e. The second-order valence-electron chi connectivity index (χ2n) is 5.58. The molecule has 0 heterocycles. The van der Waals surface area contributed by atoms with Gasteiger partial charge < -0.3 is 5.32 Å². The molecule has 0 aromatic heterocycles. The Labute approximate surface area is 155 Å². The number of hydrogen-bond acceptors (Lipinski definition) is 3. The van der Waals surface area contributed by atoms with Crippen molar-refractivity contribution in [2.45, 2.75) is 19.4 Å². The van der Waals surface area contributed by atoms with Crippen LogP contribution in [-0.2, 0) is 14.8 Å². The van der Waals surface area contributed by atoms with Crippen molar-refractivity contribution in [2.75, 3.05) is 15.9 Å². The van der Waals surface area contributed by atoms with Gasteiger partial charge in [0.2, 0.25) is 15.9 Å². The summed E-state index contributed by atoms with van der Waals surface area (Å²) in [7, 11) is -3.83. The number of amides is 1. The average Bonchev–Trinajstić information content (AvgIpc) is 2.56. The van der Waals surface area contributed by atoms with E-state index >= 15 is 0 Å². The quantitative estimate of drug-likeness (QED) is 0.799. The molecular formula is C17H17ClF2N2O3S. The zero-order valence-electron chi connectivity index (χ0n) is 14.0. The molecule has 0 saturated carbocycles. The number of benzene rings is 2. The smallest absolute Gasteiger partial charge is 0.248 e. The van der Waals surface area contributed by atoms with Crippen LogP contribution in [0.2, 0.25) is 5.02 Å². The number of hydrogen-bond donors (Lipinski definition) is 1. The van der Waals surface area contributed by atoms with E-state index in [2.05, 4.69) is 5.32 Å². The number of carbonyl (C=O) groups excluding carboxylic acids is 1. The van der Waals surface area contributed by atoms with Crippen LogP contribution in [0.5, 0.6) is 0 Å². The number of anilines is 2. The van der Waals surface area contributed by atoms with Crippen LogP contribution >= 0.6 is 11.6 Å².